The maximum atomic E-state index is 11.5. The van der Waals surface area contributed by atoms with Crippen LogP contribution < -0.4 is 0 Å². The molecular weight excluding hydrogens is 268 g/mol. The molecule has 3 rings (SSSR count). The lowest BCUT2D eigenvalue weighted by Gasteiger charge is -2.22. The van der Waals surface area contributed by atoms with Crippen LogP contribution in [-0.4, -0.2) is 61.3 Å². The number of hydrogen-bond donors (Lipinski definition) is 1. The van der Waals surface area contributed by atoms with E-state index in [1.807, 2.05) is 0 Å². The van der Waals surface area contributed by atoms with Crippen LogP contribution in [0.2, 0.25) is 0 Å². The fraction of sp³-hybridized carbons (Fsp3) is 0.692. The average molecular weight is 284 g/mol. The Kier molecular flexibility index (Phi) is 3.49. The van der Waals surface area contributed by atoms with Crippen molar-refractivity contribution < 1.29 is 33.6 Å². The van der Waals surface area contributed by atoms with Crippen molar-refractivity contribution >= 4 is 11.9 Å². The predicted octanol–water partition coefficient (Wildman–Crippen LogP) is -0.824. The van der Waals surface area contributed by atoms with Gasteiger partial charge in [-0.3, -0.25) is 4.79 Å². The first-order valence-electron chi connectivity index (χ1n) is 6.55. The Bertz CT molecular complexity index is 446. The van der Waals surface area contributed by atoms with Crippen molar-refractivity contribution in [2.45, 2.75) is 30.8 Å². The van der Waals surface area contributed by atoms with Gasteiger partial charge in [0.1, 0.15) is 18.8 Å². The lowest BCUT2D eigenvalue weighted by Crippen LogP contribution is -2.39. The highest BCUT2D eigenvalue weighted by Gasteiger charge is 2.64. The van der Waals surface area contributed by atoms with Crippen molar-refractivity contribution in [3.05, 3.63) is 12.2 Å². The molecule has 0 saturated carbocycles. The molecule has 5 unspecified atom stereocenters. The van der Waals surface area contributed by atoms with E-state index in [2.05, 4.69) is 6.58 Å². The van der Waals surface area contributed by atoms with Crippen molar-refractivity contribution in [2.24, 2.45) is 5.92 Å². The van der Waals surface area contributed by atoms with Gasteiger partial charge in [-0.05, 0) is 6.42 Å². The molecular formula is C13H16O7. The van der Waals surface area contributed by atoms with E-state index in [4.69, 9.17) is 24.1 Å². The number of esters is 2. The SMILES string of the molecule is C=C(CO)C(=O)OCCOC1C2CC3C(=O)OC1C3O2. The largest absolute Gasteiger partial charge is 0.460 e. The number of rotatable bonds is 6. The van der Waals surface area contributed by atoms with Crippen LogP contribution in [0.5, 0.6) is 0 Å². The summed E-state index contributed by atoms with van der Waals surface area (Å²) in [4.78, 5) is 22.7. The van der Waals surface area contributed by atoms with Gasteiger partial charge < -0.3 is 24.1 Å². The predicted molar refractivity (Wildman–Crippen MR) is 63.6 cm³/mol. The summed E-state index contributed by atoms with van der Waals surface area (Å²) < 4.78 is 21.4. The first kappa shape index (κ1) is 13.5. The minimum Gasteiger partial charge on any atom is -0.460 e. The lowest BCUT2D eigenvalue weighted by atomic mass is 9.88. The Morgan fingerprint density at radius 1 is 1.40 bits per heavy atom. The molecule has 0 aliphatic carbocycles. The fourth-order valence-corrected chi connectivity index (χ4v) is 2.93. The molecule has 110 valence electrons. The van der Waals surface area contributed by atoms with Gasteiger partial charge in [0, 0.05) is 0 Å². The zero-order valence-electron chi connectivity index (χ0n) is 10.8. The van der Waals surface area contributed by atoms with Crippen molar-refractivity contribution in [1.29, 1.82) is 0 Å². The van der Waals surface area contributed by atoms with Crippen LogP contribution in [0, 0.1) is 5.92 Å². The molecule has 3 aliphatic rings. The summed E-state index contributed by atoms with van der Waals surface area (Å²) in [6.45, 7) is 3.16. The lowest BCUT2D eigenvalue weighted by molar-refractivity contribution is -0.148. The Balaban J connectivity index is 1.43. The molecule has 0 aromatic rings. The zero-order valence-corrected chi connectivity index (χ0v) is 10.8. The van der Waals surface area contributed by atoms with Crippen molar-refractivity contribution in [2.75, 3.05) is 19.8 Å². The average Bonchev–Trinajstić information content (AvgIpc) is 3.05. The van der Waals surface area contributed by atoms with Gasteiger partial charge in [0.2, 0.25) is 0 Å². The highest BCUT2D eigenvalue weighted by atomic mass is 16.6. The molecule has 0 aromatic carbocycles. The maximum Gasteiger partial charge on any atom is 0.335 e. The number of aliphatic hydroxyl groups is 1. The summed E-state index contributed by atoms with van der Waals surface area (Å²) in [5.74, 6) is -0.998. The van der Waals surface area contributed by atoms with Gasteiger partial charge in [0.15, 0.2) is 6.10 Å². The molecule has 3 aliphatic heterocycles. The number of aliphatic hydroxyl groups excluding tert-OH is 1. The number of fused-ring (bicyclic) bond motifs is 1. The third-order valence-corrected chi connectivity index (χ3v) is 3.89. The van der Waals surface area contributed by atoms with E-state index in [0.717, 1.165) is 0 Å². The molecule has 0 amide bonds. The second kappa shape index (κ2) is 5.16. The highest BCUT2D eigenvalue weighted by molar-refractivity contribution is 5.87. The van der Waals surface area contributed by atoms with Gasteiger partial charge >= 0.3 is 11.9 Å². The van der Waals surface area contributed by atoms with E-state index < -0.39 is 12.6 Å². The third-order valence-electron chi connectivity index (χ3n) is 3.89. The Hall–Kier alpha value is -1.44. The summed E-state index contributed by atoms with van der Waals surface area (Å²) in [6.07, 6.45) is -0.304. The highest BCUT2D eigenvalue weighted by Crippen LogP contribution is 2.47. The van der Waals surface area contributed by atoms with Crippen LogP contribution in [-0.2, 0) is 28.5 Å². The molecule has 0 aromatic heterocycles. The molecule has 3 saturated heterocycles. The smallest absolute Gasteiger partial charge is 0.335 e. The van der Waals surface area contributed by atoms with Crippen molar-refractivity contribution in [3.63, 3.8) is 0 Å². The summed E-state index contributed by atoms with van der Waals surface area (Å²) in [5, 5.41) is 8.71. The molecule has 7 nitrogen and oxygen atoms in total. The van der Waals surface area contributed by atoms with E-state index in [1.165, 1.54) is 0 Å². The minimum absolute atomic E-state index is 0.000761. The van der Waals surface area contributed by atoms with E-state index in [0.29, 0.717) is 6.42 Å². The molecule has 3 fully saturated rings. The first-order chi connectivity index (χ1) is 9.61. The number of carbonyl (C=O) groups is 2. The van der Waals surface area contributed by atoms with Gasteiger partial charge in [-0.15, -0.1) is 0 Å². The Morgan fingerprint density at radius 2 is 2.20 bits per heavy atom. The molecule has 7 heteroatoms. The van der Waals surface area contributed by atoms with E-state index >= 15 is 0 Å². The fourth-order valence-electron chi connectivity index (χ4n) is 2.93. The van der Waals surface area contributed by atoms with Crippen molar-refractivity contribution in [1.82, 2.24) is 0 Å². The molecule has 3 heterocycles. The second-order valence-corrected chi connectivity index (χ2v) is 5.12. The monoisotopic (exact) mass is 284 g/mol. The molecule has 20 heavy (non-hydrogen) atoms. The summed E-state index contributed by atoms with van der Waals surface area (Å²) >= 11 is 0. The summed E-state index contributed by atoms with van der Waals surface area (Å²) in [7, 11) is 0. The van der Waals surface area contributed by atoms with Crippen LogP contribution in [0.15, 0.2) is 12.2 Å². The second-order valence-electron chi connectivity index (χ2n) is 5.12. The molecule has 0 radical (unpaired) electrons. The van der Waals surface area contributed by atoms with Gasteiger partial charge in [-0.1, -0.05) is 6.58 Å². The standard InChI is InChI=1S/C13H16O7/c1-6(5-14)12(15)18-3-2-17-10-8-4-7-9(19-8)11(10)20-13(7)16/h7-11,14H,1-5H2. The van der Waals surface area contributed by atoms with Gasteiger partial charge in [-0.25, -0.2) is 4.79 Å². The third kappa shape index (κ3) is 2.11. The number of ether oxygens (including phenoxy) is 4. The van der Waals surface area contributed by atoms with Crippen LogP contribution in [0.25, 0.3) is 0 Å². The number of carbonyl (C=O) groups excluding carboxylic acids is 2. The van der Waals surface area contributed by atoms with Gasteiger partial charge in [-0.2, -0.15) is 0 Å². The normalized spacial score (nSPS) is 37.0. The molecule has 2 bridgehead atoms. The van der Waals surface area contributed by atoms with Crippen LogP contribution in [0.3, 0.4) is 0 Å². The van der Waals surface area contributed by atoms with E-state index in [1.54, 1.807) is 0 Å². The Morgan fingerprint density at radius 3 is 2.95 bits per heavy atom. The first-order valence-corrected chi connectivity index (χ1v) is 6.55. The quantitative estimate of drug-likeness (QED) is 0.387. The van der Waals surface area contributed by atoms with Crippen LogP contribution in [0.1, 0.15) is 6.42 Å². The van der Waals surface area contributed by atoms with Crippen molar-refractivity contribution in [3.8, 4) is 0 Å². The maximum absolute atomic E-state index is 11.5. The van der Waals surface area contributed by atoms with Crippen LogP contribution >= 0.6 is 0 Å². The van der Waals surface area contributed by atoms with Gasteiger partial charge in [0.25, 0.3) is 0 Å². The Labute approximate surface area is 115 Å². The van der Waals surface area contributed by atoms with Gasteiger partial charge in [0.05, 0.1) is 30.8 Å². The molecule has 1 N–H and O–H groups in total. The minimum atomic E-state index is -0.646. The number of hydrogen-bond acceptors (Lipinski definition) is 7. The molecule has 0 spiro atoms. The molecule has 5 atom stereocenters. The van der Waals surface area contributed by atoms with Crippen LogP contribution in [0.4, 0.5) is 0 Å². The van der Waals surface area contributed by atoms with E-state index in [-0.39, 0.29) is 55.1 Å². The zero-order chi connectivity index (χ0) is 14.3. The van der Waals surface area contributed by atoms with E-state index in [9.17, 15) is 9.59 Å². The summed E-state index contributed by atoms with van der Waals surface area (Å²) in [6, 6.07) is 0. The topological polar surface area (TPSA) is 91.3 Å². The summed E-state index contributed by atoms with van der Waals surface area (Å²) in [5.41, 5.74) is 0.000761.